The van der Waals surface area contributed by atoms with Crippen molar-refractivity contribution in [2.24, 2.45) is 0 Å². The highest BCUT2D eigenvalue weighted by Crippen LogP contribution is 2.42. The molecule has 0 heterocycles. The molecule has 0 fully saturated rings. The van der Waals surface area contributed by atoms with E-state index in [1.807, 2.05) is 0 Å². The van der Waals surface area contributed by atoms with Crippen molar-refractivity contribution in [2.45, 2.75) is 53.4 Å². The van der Waals surface area contributed by atoms with Crippen molar-refractivity contribution in [3.63, 3.8) is 0 Å². The lowest BCUT2D eigenvalue weighted by Crippen LogP contribution is -2.13. The fraction of sp³-hybridized carbons (Fsp3) is 0.545. The van der Waals surface area contributed by atoms with Gasteiger partial charge in [0.15, 0.2) is 0 Å². The molecule has 0 aromatic heterocycles. The Morgan fingerprint density at radius 1 is 0.750 bits per heavy atom. The fourth-order valence-electron chi connectivity index (χ4n) is 2.59. The van der Waals surface area contributed by atoms with E-state index >= 15 is 0 Å². The summed E-state index contributed by atoms with van der Waals surface area (Å²) in [5, 5.41) is 0. The van der Waals surface area contributed by atoms with Crippen LogP contribution in [0.1, 0.15) is 53.4 Å². The summed E-state index contributed by atoms with van der Waals surface area (Å²) >= 11 is 0. The average Bonchev–Trinajstić information content (AvgIpc) is 2.53. The molecule has 0 aromatic rings. The zero-order valence-electron chi connectivity index (χ0n) is 16.0. The molecule has 0 aliphatic heterocycles. The smallest absolute Gasteiger partial charge is 0.0649 e. The molecule has 2 heteroatoms. The van der Waals surface area contributed by atoms with Gasteiger partial charge in [-0.15, -0.1) is 0 Å². The number of allylic oxidation sites excluding steroid dienone is 6. The van der Waals surface area contributed by atoms with Gasteiger partial charge < -0.3 is 9.47 Å². The maximum Gasteiger partial charge on any atom is 0.0649 e. The molecule has 2 nitrogen and oxygen atoms in total. The first-order valence-corrected chi connectivity index (χ1v) is 8.96. The first kappa shape index (κ1) is 20.7. The first-order valence-electron chi connectivity index (χ1n) is 8.96. The van der Waals surface area contributed by atoms with Gasteiger partial charge in [-0.05, 0) is 75.7 Å². The molecular weight excluding hydrogens is 296 g/mol. The lowest BCUT2D eigenvalue weighted by molar-refractivity contribution is 0.158. The van der Waals surface area contributed by atoms with Crippen LogP contribution >= 0.6 is 0 Å². The Morgan fingerprint density at radius 3 is 1.46 bits per heavy atom. The quantitative estimate of drug-likeness (QED) is 0.326. The van der Waals surface area contributed by atoms with Crippen LogP contribution in [0, 0.1) is 0 Å². The van der Waals surface area contributed by atoms with E-state index in [1.54, 1.807) is 0 Å². The minimum Gasteiger partial charge on any atom is -0.377 e. The lowest BCUT2D eigenvalue weighted by Gasteiger charge is -2.30. The highest BCUT2D eigenvalue weighted by Gasteiger charge is 2.24. The van der Waals surface area contributed by atoms with Crippen molar-refractivity contribution in [3.05, 3.63) is 58.7 Å². The molecule has 24 heavy (non-hydrogen) atoms. The molecule has 0 saturated heterocycles. The van der Waals surface area contributed by atoms with Crippen LogP contribution in [-0.4, -0.2) is 26.4 Å². The largest absolute Gasteiger partial charge is 0.377 e. The standard InChI is InChI=1S/C22H34O2/c1-17(2)11-15-23-13-7-9-21-19(5)20(6)22(21)10-8-14-24-16-12-18(3)4/h11-12H,5-10,13-16H2,1-4H3. The monoisotopic (exact) mass is 330 g/mol. The SMILES string of the molecule is C=C1C(=C)C(CCCOCC=C(C)C)=C1CCCOCC=C(C)C. The molecule has 0 radical (unpaired) electrons. The zero-order chi connectivity index (χ0) is 17.9. The molecule has 134 valence electrons. The van der Waals surface area contributed by atoms with Crippen LogP contribution in [-0.2, 0) is 9.47 Å². The van der Waals surface area contributed by atoms with Crippen molar-refractivity contribution in [1.29, 1.82) is 0 Å². The summed E-state index contributed by atoms with van der Waals surface area (Å²) in [6.45, 7) is 19.7. The maximum atomic E-state index is 5.63. The van der Waals surface area contributed by atoms with Gasteiger partial charge in [-0.25, -0.2) is 0 Å². The Kier molecular flexibility index (Phi) is 9.66. The number of ether oxygens (including phenoxy) is 2. The summed E-state index contributed by atoms with van der Waals surface area (Å²) in [5.74, 6) is 0. The number of rotatable bonds is 12. The number of hydrogen-bond acceptors (Lipinski definition) is 2. The Hall–Kier alpha value is -1.38. The molecule has 0 amide bonds. The van der Waals surface area contributed by atoms with Crippen molar-refractivity contribution >= 4 is 0 Å². The van der Waals surface area contributed by atoms with Crippen LogP contribution in [0.25, 0.3) is 0 Å². The summed E-state index contributed by atoms with van der Waals surface area (Å²) in [6, 6.07) is 0. The van der Waals surface area contributed by atoms with Crippen LogP contribution in [0.15, 0.2) is 58.7 Å². The van der Waals surface area contributed by atoms with Gasteiger partial charge >= 0.3 is 0 Å². The first-order chi connectivity index (χ1) is 11.4. The van der Waals surface area contributed by atoms with E-state index in [0.717, 1.165) is 50.0 Å². The van der Waals surface area contributed by atoms with Crippen LogP contribution < -0.4 is 0 Å². The Balaban J connectivity index is 2.27. The van der Waals surface area contributed by atoms with E-state index in [1.165, 1.54) is 22.3 Å². The second-order valence-electron chi connectivity index (χ2n) is 6.83. The maximum absolute atomic E-state index is 5.63. The minimum atomic E-state index is 0.713. The lowest BCUT2D eigenvalue weighted by atomic mass is 9.75. The molecular formula is C22H34O2. The van der Waals surface area contributed by atoms with Gasteiger partial charge in [0.25, 0.3) is 0 Å². The van der Waals surface area contributed by atoms with E-state index < -0.39 is 0 Å². The molecule has 1 aliphatic carbocycles. The number of hydrogen-bond donors (Lipinski definition) is 0. The molecule has 0 atom stereocenters. The fourth-order valence-corrected chi connectivity index (χ4v) is 2.59. The summed E-state index contributed by atoms with van der Waals surface area (Å²) in [6.07, 6.45) is 8.40. The molecule has 0 spiro atoms. The third kappa shape index (κ3) is 7.46. The van der Waals surface area contributed by atoms with Gasteiger partial charge in [-0.2, -0.15) is 0 Å². The highest BCUT2D eigenvalue weighted by molar-refractivity contribution is 5.67. The minimum absolute atomic E-state index is 0.713. The van der Waals surface area contributed by atoms with Gasteiger partial charge in [0.1, 0.15) is 0 Å². The zero-order valence-corrected chi connectivity index (χ0v) is 16.0. The Bertz CT molecular complexity index is 476. The predicted octanol–water partition coefficient (Wildman–Crippen LogP) is 5.94. The van der Waals surface area contributed by atoms with Gasteiger partial charge in [0.2, 0.25) is 0 Å². The second kappa shape index (κ2) is 11.2. The third-order valence-electron chi connectivity index (χ3n) is 4.11. The van der Waals surface area contributed by atoms with E-state index in [0.29, 0.717) is 13.2 Å². The molecule has 0 aromatic carbocycles. The van der Waals surface area contributed by atoms with Gasteiger partial charge in [-0.3, -0.25) is 0 Å². The Morgan fingerprint density at radius 2 is 1.12 bits per heavy atom. The van der Waals surface area contributed by atoms with Gasteiger partial charge in [0, 0.05) is 13.2 Å². The second-order valence-corrected chi connectivity index (χ2v) is 6.83. The molecule has 0 N–H and O–H groups in total. The van der Waals surface area contributed by atoms with Crippen molar-refractivity contribution < 1.29 is 9.47 Å². The summed E-state index contributed by atoms with van der Waals surface area (Å²) in [4.78, 5) is 0. The molecule has 1 aliphatic rings. The van der Waals surface area contributed by atoms with Gasteiger partial charge in [-0.1, -0.05) is 36.5 Å². The van der Waals surface area contributed by atoms with Crippen LogP contribution in [0.2, 0.25) is 0 Å². The predicted molar refractivity (Wildman–Crippen MR) is 104 cm³/mol. The van der Waals surface area contributed by atoms with Gasteiger partial charge in [0.05, 0.1) is 13.2 Å². The third-order valence-corrected chi connectivity index (χ3v) is 4.11. The van der Waals surface area contributed by atoms with Crippen LogP contribution in [0.4, 0.5) is 0 Å². The molecule has 0 bridgehead atoms. The van der Waals surface area contributed by atoms with E-state index in [-0.39, 0.29) is 0 Å². The molecule has 0 saturated carbocycles. The van der Waals surface area contributed by atoms with Crippen molar-refractivity contribution in [2.75, 3.05) is 26.4 Å². The summed E-state index contributed by atoms with van der Waals surface area (Å²) in [7, 11) is 0. The normalized spacial score (nSPS) is 13.8. The van der Waals surface area contributed by atoms with Crippen molar-refractivity contribution in [3.8, 4) is 0 Å². The Labute approximate surface area is 148 Å². The summed E-state index contributed by atoms with van der Waals surface area (Å²) in [5.41, 5.74) is 7.68. The molecule has 0 unspecified atom stereocenters. The van der Waals surface area contributed by atoms with E-state index in [9.17, 15) is 0 Å². The molecule has 1 rings (SSSR count). The topological polar surface area (TPSA) is 18.5 Å². The van der Waals surface area contributed by atoms with Crippen LogP contribution in [0.5, 0.6) is 0 Å². The van der Waals surface area contributed by atoms with Crippen molar-refractivity contribution in [1.82, 2.24) is 0 Å². The van der Waals surface area contributed by atoms with E-state index in [4.69, 9.17) is 9.47 Å². The van der Waals surface area contributed by atoms with Crippen LogP contribution in [0.3, 0.4) is 0 Å². The summed E-state index contributed by atoms with van der Waals surface area (Å²) < 4.78 is 11.3. The van der Waals surface area contributed by atoms with E-state index in [2.05, 4.69) is 53.0 Å². The highest BCUT2D eigenvalue weighted by atomic mass is 16.5. The average molecular weight is 331 g/mol.